The number of allylic oxidation sites excluding steroid dienone is 2. The van der Waals surface area contributed by atoms with Crippen molar-refractivity contribution in [1.82, 2.24) is 0 Å². The Labute approximate surface area is 91.0 Å². The molecule has 1 aromatic rings. The normalized spacial score (nSPS) is 13.3. The fourth-order valence-corrected chi connectivity index (χ4v) is 1.49. The number of carbonyl (C=O) groups is 1. The van der Waals surface area contributed by atoms with Crippen molar-refractivity contribution in [2.45, 2.75) is 39.5 Å². The van der Waals surface area contributed by atoms with E-state index in [-0.39, 0.29) is 5.78 Å². The number of carbonyl (C=O) groups excluding carboxylic acids is 1. The molecule has 0 saturated carbocycles. The summed E-state index contributed by atoms with van der Waals surface area (Å²) in [6.07, 6.45) is 4.84. The highest BCUT2D eigenvalue weighted by atomic mass is 16.3. The number of furan rings is 1. The number of hydrogen-bond acceptors (Lipinski definition) is 2. The van der Waals surface area contributed by atoms with E-state index in [4.69, 9.17) is 4.42 Å². The molecule has 2 heteroatoms. The third-order valence-corrected chi connectivity index (χ3v) is 2.42. The molecule has 1 aromatic heterocycles. The molecule has 0 bridgehead atoms. The van der Waals surface area contributed by atoms with Crippen LogP contribution in [0.1, 0.15) is 44.1 Å². The van der Waals surface area contributed by atoms with Gasteiger partial charge in [0.05, 0.1) is 0 Å². The van der Waals surface area contributed by atoms with Crippen LogP contribution in [0, 0.1) is 6.92 Å². The van der Waals surface area contributed by atoms with Gasteiger partial charge in [0.25, 0.3) is 0 Å². The van der Waals surface area contributed by atoms with Crippen molar-refractivity contribution >= 4 is 5.78 Å². The maximum atomic E-state index is 11.3. The molecular weight excluding hydrogens is 188 g/mol. The Balaban J connectivity index is 2.43. The number of ketones is 1. The lowest BCUT2D eigenvalue weighted by Crippen LogP contribution is -1.97. The molecule has 15 heavy (non-hydrogen) atoms. The summed E-state index contributed by atoms with van der Waals surface area (Å²) in [7, 11) is 0. The first-order chi connectivity index (χ1) is 7.13. The number of aryl methyl sites for hydroxylation is 1. The van der Waals surface area contributed by atoms with Crippen molar-refractivity contribution < 1.29 is 9.21 Å². The SMILES string of the molecule is C/C=C/C(=O)CCC(C)c1ccc(C)o1. The summed E-state index contributed by atoms with van der Waals surface area (Å²) in [6.45, 7) is 5.87. The predicted octanol–water partition coefficient (Wildman–Crippen LogP) is 3.62. The summed E-state index contributed by atoms with van der Waals surface area (Å²) in [5.41, 5.74) is 0. The van der Waals surface area contributed by atoms with E-state index in [1.165, 1.54) is 0 Å². The second kappa shape index (κ2) is 5.54. The first kappa shape index (κ1) is 11.8. The minimum absolute atomic E-state index is 0.188. The summed E-state index contributed by atoms with van der Waals surface area (Å²) in [4.78, 5) is 11.3. The monoisotopic (exact) mass is 206 g/mol. The maximum Gasteiger partial charge on any atom is 0.155 e. The molecule has 0 amide bonds. The first-order valence-electron chi connectivity index (χ1n) is 5.35. The van der Waals surface area contributed by atoms with Crippen LogP contribution in [0.2, 0.25) is 0 Å². The smallest absolute Gasteiger partial charge is 0.155 e. The first-order valence-corrected chi connectivity index (χ1v) is 5.35. The summed E-state index contributed by atoms with van der Waals surface area (Å²) >= 11 is 0. The second-order valence-corrected chi connectivity index (χ2v) is 3.85. The minimum Gasteiger partial charge on any atom is -0.466 e. The van der Waals surface area contributed by atoms with Gasteiger partial charge < -0.3 is 4.42 Å². The number of hydrogen-bond donors (Lipinski definition) is 0. The molecule has 0 N–H and O–H groups in total. The maximum absolute atomic E-state index is 11.3. The third-order valence-electron chi connectivity index (χ3n) is 2.42. The summed E-state index contributed by atoms with van der Waals surface area (Å²) in [5, 5.41) is 0. The molecular formula is C13H18O2. The lowest BCUT2D eigenvalue weighted by atomic mass is 10.0. The molecule has 82 valence electrons. The Morgan fingerprint density at radius 1 is 1.53 bits per heavy atom. The Bertz CT molecular complexity index is 347. The zero-order valence-electron chi connectivity index (χ0n) is 9.62. The minimum atomic E-state index is 0.188. The zero-order chi connectivity index (χ0) is 11.3. The Morgan fingerprint density at radius 2 is 2.27 bits per heavy atom. The molecule has 0 aliphatic carbocycles. The van der Waals surface area contributed by atoms with Gasteiger partial charge in [-0.2, -0.15) is 0 Å². The van der Waals surface area contributed by atoms with Gasteiger partial charge in [0, 0.05) is 12.3 Å². The highest BCUT2D eigenvalue weighted by molar-refractivity contribution is 5.89. The van der Waals surface area contributed by atoms with Crippen LogP contribution in [-0.2, 0) is 4.79 Å². The average molecular weight is 206 g/mol. The lowest BCUT2D eigenvalue weighted by Gasteiger charge is -2.06. The summed E-state index contributed by atoms with van der Waals surface area (Å²) in [5.74, 6) is 2.40. The predicted molar refractivity (Wildman–Crippen MR) is 60.9 cm³/mol. The van der Waals surface area contributed by atoms with E-state index < -0.39 is 0 Å². The molecule has 2 nitrogen and oxygen atoms in total. The van der Waals surface area contributed by atoms with Crippen LogP contribution in [0.4, 0.5) is 0 Å². The van der Waals surface area contributed by atoms with Gasteiger partial charge in [-0.1, -0.05) is 13.0 Å². The van der Waals surface area contributed by atoms with Gasteiger partial charge in [-0.05, 0) is 38.5 Å². The highest BCUT2D eigenvalue weighted by Gasteiger charge is 2.10. The summed E-state index contributed by atoms with van der Waals surface area (Å²) in [6, 6.07) is 3.94. The van der Waals surface area contributed by atoms with Gasteiger partial charge in [-0.3, -0.25) is 4.79 Å². The van der Waals surface area contributed by atoms with E-state index in [1.54, 1.807) is 12.2 Å². The number of rotatable bonds is 5. The van der Waals surface area contributed by atoms with Crippen molar-refractivity contribution in [3.8, 4) is 0 Å². The van der Waals surface area contributed by atoms with Crippen molar-refractivity contribution in [3.63, 3.8) is 0 Å². The van der Waals surface area contributed by atoms with Crippen LogP contribution < -0.4 is 0 Å². The van der Waals surface area contributed by atoms with Crippen LogP contribution in [0.25, 0.3) is 0 Å². The van der Waals surface area contributed by atoms with Gasteiger partial charge in [0.15, 0.2) is 5.78 Å². The fourth-order valence-electron chi connectivity index (χ4n) is 1.49. The largest absolute Gasteiger partial charge is 0.466 e. The van der Waals surface area contributed by atoms with Crippen molar-refractivity contribution in [3.05, 3.63) is 35.8 Å². The van der Waals surface area contributed by atoms with E-state index in [2.05, 4.69) is 6.92 Å². The van der Waals surface area contributed by atoms with Gasteiger partial charge in [-0.15, -0.1) is 0 Å². The Kier molecular flexibility index (Phi) is 4.35. The highest BCUT2D eigenvalue weighted by Crippen LogP contribution is 2.22. The fraction of sp³-hybridized carbons (Fsp3) is 0.462. The second-order valence-electron chi connectivity index (χ2n) is 3.85. The molecule has 1 atom stereocenters. The van der Waals surface area contributed by atoms with E-state index in [9.17, 15) is 4.79 Å². The molecule has 0 spiro atoms. The zero-order valence-corrected chi connectivity index (χ0v) is 9.62. The quantitative estimate of drug-likeness (QED) is 0.689. The van der Waals surface area contributed by atoms with E-state index in [0.29, 0.717) is 12.3 Å². The van der Waals surface area contributed by atoms with Crippen molar-refractivity contribution in [1.29, 1.82) is 0 Å². The van der Waals surface area contributed by atoms with Gasteiger partial charge >= 0.3 is 0 Å². The van der Waals surface area contributed by atoms with Crippen LogP contribution in [-0.4, -0.2) is 5.78 Å². The van der Waals surface area contributed by atoms with E-state index in [0.717, 1.165) is 17.9 Å². The molecule has 1 rings (SSSR count). The Hall–Kier alpha value is -1.31. The van der Waals surface area contributed by atoms with E-state index in [1.807, 2.05) is 26.0 Å². The standard InChI is InChI=1S/C13H18O2/c1-4-5-12(14)8-6-10(2)13-9-7-11(3)15-13/h4-5,7,9-10H,6,8H2,1-3H3/b5-4+. The van der Waals surface area contributed by atoms with Gasteiger partial charge in [0.2, 0.25) is 0 Å². The Morgan fingerprint density at radius 3 is 2.80 bits per heavy atom. The topological polar surface area (TPSA) is 30.2 Å². The molecule has 0 radical (unpaired) electrons. The molecule has 0 fully saturated rings. The summed E-state index contributed by atoms with van der Waals surface area (Å²) < 4.78 is 5.51. The van der Waals surface area contributed by atoms with Crippen LogP contribution in [0.15, 0.2) is 28.7 Å². The molecule has 0 aliphatic heterocycles. The van der Waals surface area contributed by atoms with Crippen LogP contribution in [0.5, 0.6) is 0 Å². The lowest BCUT2D eigenvalue weighted by molar-refractivity contribution is -0.114. The molecule has 0 aliphatic rings. The molecule has 1 heterocycles. The van der Waals surface area contributed by atoms with Crippen molar-refractivity contribution in [2.75, 3.05) is 0 Å². The van der Waals surface area contributed by atoms with Gasteiger partial charge in [-0.25, -0.2) is 0 Å². The van der Waals surface area contributed by atoms with Gasteiger partial charge in [0.1, 0.15) is 11.5 Å². The molecule has 0 aromatic carbocycles. The van der Waals surface area contributed by atoms with Crippen LogP contribution in [0.3, 0.4) is 0 Å². The molecule has 1 unspecified atom stereocenters. The molecule has 0 saturated heterocycles. The van der Waals surface area contributed by atoms with Crippen LogP contribution >= 0.6 is 0 Å². The van der Waals surface area contributed by atoms with E-state index >= 15 is 0 Å². The van der Waals surface area contributed by atoms with Crippen molar-refractivity contribution in [2.24, 2.45) is 0 Å². The average Bonchev–Trinajstić information content (AvgIpc) is 2.62. The third kappa shape index (κ3) is 3.74.